The smallest absolute Gasteiger partial charge is 0.314 e. The molecule has 134 valence electrons. The summed E-state index contributed by atoms with van der Waals surface area (Å²) >= 11 is 0. The van der Waals surface area contributed by atoms with Crippen LogP contribution >= 0.6 is 0 Å². The van der Waals surface area contributed by atoms with Crippen molar-refractivity contribution in [2.75, 3.05) is 13.6 Å². The van der Waals surface area contributed by atoms with Gasteiger partial charge in [-0.15, -0.1) is 10.2 Å². The van der Waals surface area contributed by atoms with Crippen LogP contribution in [0.25, 0.3) is 0 Å². The minimum absolute atomic E-state index is 0.560. The number of carboxylic acids is 1. The molecule has 0 aromatic rings. The lowest BCUT2D eigenvalue weighted by atomic mass is 10.1. The average Bonchev–Trinajstić information content (AvgIpc) is 2.89. The summed E-state index contributed by atoms with van der Waals surface area (Å²) in [5.41, 5.74) is 2.91. The molecule has 0 aliphatic carbocycles. The second kappa shape index (κ2) is 11.3. The summed E-state index contributed by atoms with van der Waals surface area (Å²) in [7, 11) is 1.86. The molecule has 1 atom stereocenters. The van der Waals surface area contributed by atoms with Crippen molar-refractivity contribution in [3.63, 3.8) is 0 Å². The van der Waals surface area contributed by atoms with Gasteiger partial charge in [-0.3, -0.25) is 9.80 Å². The van der Waals surface area contributed by atoms with E-state index in [9.17, 15) is 4.79 Å². The Kier molecular flexibility index (Phi) is 9.67. The van der Waals surface area contributed by atoms with Crippen molar-refractivity contribution in [2.45, 2.75) is 78.1 Å². The highest BCUT2D eigenvalue weighted by molar-refractivity contribution is 5.99. The predicted molar refractivity (Wildman–Crippen MR) is 93.7 cm³/mol. The molecule has 0 bridgehead atoms. The van der Waals surface area contributed by atoms with Crippen molar-refractivity contribution in [3.8, 4) is 0 Å². The van der Waals surface area contributed by atoms with Gasteiger partial charge in [0.05, 0.1) is 0 Å². The van der Waals surface area contributed by atoms with E-state index in [0.717, 1.165) is 13.0 Å². The van der Waals surface area contributed by atoms with Gasteiger partial charge in [0.2, 0.25) is 0 Å². The zero-order chi connectivity index (χ0) is 17.1. The van der Waals surface area contributed by atoms with Crippen molar-refractivity contribution < 1.29 is 9.90 Å². The SMILES string of the molecule is CCCCCCCCCCCCN1NN=C(C(C)C(=O)O)N1C. The third kappa shape index (κ3) is 7.20. The Labute approximate surface area is 140 Å². The van der Waals surface area contributed by atoms with Gasteiger partial charge in [0.25, 0.3) is 0 Å². The number of hydrogen-bond donors (Lipinski definition) is 2. The molecule has 6 nitrogen and oxygen atoms in total. The van der Waals surface area contributed by atoms with Gasteiger partial charge in [0, 0.05) is 13.6 Å². The molecule has 0 spiro atoms. The summed E-state index contributed by atoms with van der Waals surface area (Å²) in [5, 5.41) is 16.9. The maximum Gasteiger partial charge on any atom is 0.314 e. The molecule has 2 N–H and O–H groups in total. The van der Waals surface area contributed by atoms with Gasteiger partial charge in [-0.25, -0.2) is 5.53 Å². The van der Waals surface area contributed by atoms with E-state index >= 15 is 0 Å². The van der Waals surface area contributed by atoms with E-state index < -0.39 is 11.9 Å². The standard InChI is InChI=1S/C17H34N4O2/c1-4-5-6-7-8-9-10-11-12-13-14-21-19-18-16(20(21)3)15(2)17(22)23/h15,19H,4-14H2,1-3H3,(H,22,23). The van der Waals surface area contributed by atoms with Crippen LogP contribution in [0.1, 0.15) is 78.1 Å². The molecule has 1 unspecified atom stereocenters. The Balaban J connectivity index is 2.02. The van der Waals surface area contributed by atoms with Crippen molar-refractivity contribution in [3.05, 3.63) is 0 Å². The van der Waals surface area contributed by atoms with Gasteiger partial charge < -0.3 is 5.11 Å². The number of amidine groups is 1. The van der Waals surface area contributed by atoms with E-state index in [2.05, 4.69) is 17.6 Å². The molecule has 23 heavy (non-hydrogen) atoms. The number of hydrogen-bond acceptors (Lipinski definition) is 5. The fourth-order valence-corrected chi connectivity index (χ4v) is 2.81. The summed E-state index contributed by atoms with van der Waals surface area (Å²) in [6, 6.07) is 0. The van der Waals surface area contributed by atoms with Crippen LogP contribution in [0.2, 0.25) is 0 Å². The molecule has 0 aromatic carbocycles. The van der Waals surface area contributed by atoms with Crippen LogP contribution in [0.5, 0.6) is 0 Å². The topological polar surface area (TPSA) is 68.2 Å². The van der Waals surface area contributed by atoms with Crippen LogP contribution in [0.4, 0.5) is 0 Å². The number of nitrogens with zero attached hydrogens (tertiary/aromatic N) is 3. The lowest BCUT2D eigenvalue weighted by Crippen LogP contribution is -2.45. The summed E-state index contributed by atoms with van der Waals surface area (Å²) in [5.74, 6) is -0.882. The second-order valence-electron chi connectivity index (χ2n) is 6.46. The molecule has 0 saturated carbocycles. The lowest BCUT2D eigenvalue weighted by Gasteiger charge is -2.26. The first-order valence-electron chi connectivity index (χ1n) is 9.15. The maximum atomic E-state index is 11.0. The fourth-order valence-electron chi connectivity index (χ4n) is 2.81. The monoisotopic (exact) mass is 326 g/mol. The predicted octanol–water partition coefficient (Wildman–Crippen LogP) is 3.61. The van der Waals surface area contributed by atoms with Gasteiger partial charge in [-0.05, 0) is 13.3 Å². The van der Waals surface area contributed by atoms with E-state index in [1.54, 1.807) is 6.92 Å². The molecule has 0 radical (unpaired) electrons. The Hall–Kier alpha value is -1.30. The minimum atomic E-state index is -0.849. The molecular weight excluding hydrogens is 292 g/mol. The number of unbranched alkanes of at least 4 members (excludes halogenated alkanes) is 9. The van der Waals surface area contributed by atoms with Gasteiger partial charge in [-0.1, -0.05) is 64.7 Å². The van der Waals surface area contributed by atoms with Crippen LogP contribution < -0.4 is 5.53 Å². The zero-order valence-electron chi connectivity index (χ0n) is 15.1. The van der Waals surface area contributed by atoms with Gasteiger partial charge >= 0.3 is 5.97 Å². The van der Waals surface area contributed by atoms with Gasteiger partial charge in [0.1, 0.15) is 5.92 Å². The molecule has 1 heterocycles. The Bertz CT molecular complexity index is 374. The third-order valence-electron chi connectivity index (χ3n) is 4.45. The number of hydrazone groups is 1. The number of rotatable bonds is 13. The van der Waals surface area contributed by atoms with Crippen molar-refractivity contribution in [1.29, 1.82) is 0 Å². The molecule has 0 saturated heterocycles. The number of carbonyl (C=O) groups is 1. The fraction of sp³-hybridized carbons (Fsp3) is 0.882. The summed E-state index contributed by atoms with van der Waals surface area (Å²) < 4.78 is 0. The van der Waals surface area contributed by atoms with E-state index in [1.807, 2.05) is 17.2 Å². The van der Waals surface area contributed by atoms with Crippen molar-refractivity contribution >= 4 is 11.8 Å². The number of nitrogens with one attached hydrogen (secondary N) is 1. The highest BCUT2D eigenvalue weighted by atomic mass is 16.4. The quantitative estimate of drug-likeness (QED) is 0.506. The molecule has 1 aliphatic heterocycles. The molecule has 6 heteroatoms. The molecule has 0 aromatic heterocycles. The number of carboxylic acid groups (broad SMARTS) is 1. The first kappa shape index (κ1) is 19.7. The Morgan fingerprint density at radius 3 is 2.13 bits per heavy atom. The summed E-state index contributed by atoms with van der Waals surface area (Å²) in [4.78, 5) is 11.0. The van der Waals surface area contributed by atoms with Gasteiger partial charge in [0.15, 0.2) is 5.84 Å². The highest BCUT2D eigenvalue weighted by Gasteiger charge is 2.29. The molecule has 0 fully saturated rings. The largest absolute Gasteiger partial charge is 0.481 e. The van der Waals surface area contributed by atoms with Crippen LogP contribution in [0.15, 0.2) is 5.10 Å². The van der Waals surface area contributed by atoms with E-state index in [0.29, 0.717) is 5.84 Å². The van der Waals surface area contributed by atoms with E-state index in [1.165, 1.54) is 57.8 Å². The van der Waals surface area contributed by atoms with Crippen molar-refractivity contribution in [1.82, 2.24) is 15.7 Å². The van der Waals surface area contributed by atoms with E-state index in [-0.39, 0.29) is 0 Å². The third-order valence-corrected chi connectivity index (χ3v) is 4.45. The average molecular weight is 326 g/mol. The second-order valence-corrected chi connectivity index (χ2v) is 6.46. The first-order valence-corrected chi connectivity index (χ1v) is 9.15. The normalized spacial score (nSPS) is 16.3. The summed E-state index contributed by atoms with van der Waals surface area (Å²) in [6.07, 6.45) is 13.1. The number of aliphatic carboxylic acids is 1. The molecule has 1 rings (SSSR count). The van der Waals surface area contributed by atoms with Crippen LogP contribution in [0, 0.1) is 5.92 Å². The van der Waals surface area contributed by atoms with Crippen LogP contribution in [-0.4, -0.2) is 40.6 Å². The Morgan fingerprint density at radius 2 is 1.61 bits per heavy atom. The van der Waals surface area contributed by atoms with E-state index in [4.69, 9.17) is 5.11 Å². The van der Waals surface area contributed by atoms with Crippen molar-refractivity contribution in [2.24, 2.45) is 11.0 Å². The summed E-state index contributed by atoms with van der Waals surface area (Å²) in [6.45, 7) is 4.76. The van der Waals surface area contributed by atoms with Crippen LogP contribution in [-0.2, 0) is 4.79 Å². The first-order chi connectivity index (χ1) is 11.1. The molecule has 1 aliphatic rings. The van der Waals surface area contributed by atoms with Crippen LogP contribution in [0.3, 0.4) is 0 Å². The number of hydrazine groups is 2. The van der Waals surface area contributed by atoms with Gasteiger partial charge in [-0.2, -0.15) is 0 Å². The highest BCUT2D eigenvalue weighted by Crippen LogP contribution is 2.13. The lowest BCUT2D eigenvalue weighted by molar-refractivity contribution is -0.139. The zero-order valence-corrected chi connectivity index (χ0v) is 15.1. The molecular formula is C17H34N4O2. The maximum absolute atomic E-state index is 11.0. The minimum Gasteiger partial charge on any atom is -0.481 e. The molecule has 0 amide bonds. The Morgan fingerprint density at radius 1 is 1.09 bits per heavy atom.